The second-order valence-corrected chi connectivity index (χ2v) is 12.4. The Kier molecular flexibility index (Phi) is 10.3. The van der Waals surface area contributed by atoms with E-state index in [1.807, 2.05) is 53.7 Å². The molecule has 1 atom stereocenters. The number of rotatable bonds is 11. The lowest BCUT2D eigenvalue weighted by molar-refractivity contribution is -0.142. The van der Waals surface area contributed by atoms with Gasteiger partial charge in [0.15, 0.2) is 0 Å². The zero-order valence-corrected chi connectivity index (χ0v) is 23.8. The number of amides is 2. The highest BCUT2D eigenvalue weighted by molar-refractivity contribution is 7.92. The third kappa shape index (κ3) is 9.14. The number of nitrogens with one attached hydrogen (secondary N) is 1. The summed E-state index contributed by atoms with van der Waals surface area (Å²) in [5.41, 5.74) is 2.81. The Morgan fingerprint density at radius 1 is 1.03 bits per heavy atom. The molecule has 2 aromatic rings. The summed E-state index contributed by atoms with van der Waals surface area (Å²) >= 11 is 0. The highest BCUT2D eigenvalue weighted by Gasteiger charge is 2.30. The Morgan fingerprint density at radius 2 is 1.65 bits per heavy atom. The zero-order chi connectivity index (χ0) is 28.0. The molecular weight excluding hydrogens is 493 g/mol. The molecule has 204 valence electrons. The number of hydrogen-bond donors (Lipinski definition) is 1. The quantitative estimate of drug-likeness (QED) is 0.453. The molecule has 2 aromatic carbocycles. The van der Waals surface area contributed by atoms with Crippen LogP contribution in [0.3, 0.4) is 0 Å². The topological polar surface area (TPSA) is 86.8 Å². The first-order valence-electron chi connectivity index (χ1n) is 12.5. The van der Waals surface area contributed by atoms with E-state index >= 15 is 0 Å². The maximum atomic E-state index is 13.5. The van der Waals surface area contributed by atoms with E-state index in [0.717, 1.165) is 17.4 Å². The van der Waals surface area contributed by atoms with Crippen molar-refractivity contribution in [2.24, 2.45) is 0 Å². The van der Waals surface area contributed by atoms with E-state index in [9.17, 15) is 22.4 Å². The van der Waals surface area contributed by atoms with Gasteiger partial charge in [0, 0.05) is 25.0 Å². The van der Waals surface area contributed by atoms with E-state index < -0.39 is 21.6 Å². The van der Waals surface area contributed by atoms with Crippen LogP contribution in [0.1, 0.15) is 63.6 Å². The number of halogens is 1. The Morgan fingerprint density at radius 3 is 2.16 bits per heavy atom. The molecular formula is C28H40FN3O4S. The molecule has 0 aliphatic heterocycles. The van der Waals surface area contributed by atoms with Crippen molar-refractivity contribution in [2.75, 3.05) is 17.1 Å². The predicted octanol–water partition coefficient (Wildman–Crippen LogP) is 4.71. The largest absolute Gasteiger partial charge is 0.350 e. The Hall–Kier alpha value is -2.94. The van der Waals surface area contributed by atoms with Gasteiger partial charge in [0.1, 0.15) is 11.9 Å². The van der Waals surface area contributed by atoms with Crippen molar-refractivity contribution in [1.29, 1.82) is 0 Å². The molecule has 0 radical (unpaired) electrons. The van der Waals surface area contributed by atoms with Crippen molar-refractivity contribution < 1.29 is 22.4 Å². The van der Waals surface area contributed by atoms with Gasteiger partial charge in [-0.15, -0.1) is 0 Å². The number of benzene rings is 2. The minimum absolute atomic E-state index is 0.0529. The van der Waals surface area contributed by atoms with Crippen molar-refractivity contribution in [3.8, 4) is 0 Å². The van der Waals surface area contributed by atoms with Crippen LogP contribution in [0.15, 0.2) is 42.5 Å². The normalized spacial score (nSPS) is 12.6. The van der Waals surface area contributed by atoms with E-state index in [-0.39, 0.29) is 43.6 Å². The number of sulfonamides is 1. The number of carbonyl (C=O) groups excluding carboxylic acids is 2. The third-order valence-electron chi connectivity index (χ3n) is 6.08. The van der Waals surface area contributed by atoms with Gasteiger partial charge in [-0.2, -0.15) is 0 Å². The third-order valence-corrected chi connectivity index (χ3v) is 7.28. The molecule has 9 heteroatoms. The van der Waals surface area contributed by atoms with Crippen LogP contribution in [0.5, 0.6) is 0 Å². The lowest BCUT2D eigenvalue weighted by Crippen LogP contribution is -2.53. The van der Waals surface area contributed by atoms with Crippen molar-refractivity contribution in [3.63, 3.8) is 0 Å². The molecule has 37 heavy (non-hydrogen) atoms. The second-order valence-electron chi connectivity index (χ2n) is 10.5. The molecule has 0 bridgehead atoms. The van der Waals surface area contributed by atoms with Crippen molar-refractivity contribution in [1.82, 2.24) is 10.2 Å². The van der Waals surface area contributed by atoms with Crippen molar-refractivity contribution in [2.45, 2.75) is 78.9 Å². The minimum Gasteiger partial charge on any atom is -0.350 e. The highest BCUT2D eigenvalue weighted by atomic mass is 32.2. The fourth-order valence-corrected chi connectivity index (χ4v) is 5.00. The number of aryl methyl sites for hydroxylation is 2. The average Bonchev–Trinajstić information content (AvgIpc) is 2.77. The molecule has 1 N–H and O–H groups in total. The van der Waals surface area contributed by atoms with E-state index in [4.69, 9.17) is 0 Å². The summed E-state index contributed by atoms with van der Waals surface area (Å²) in [5, 5.41) is 2.95. The Labute approximate surface area is 221 Å². The second kappa shape index (κ2) is 12.5. The number of hydrogen-bond acceptors (Lipinski definition) is 4. The first kappa shape index (κ1) is 30.3. The SMILES string of the molecule is CC[C@@H](C(=O)NC(C)(C)C)N(Cc1ccc(F)cc1)C(=O)CCCN(c1ccc(C)c(C)c1)S(C)(=O)=O. The number of nitrogens with zero attached hydrogens (tertiary/aromatic N) is 2. The van der Waals surface area contributed by atoms with Gasteiger partial charge in [0.05, 0.1) is 11.9 Å². The maximum absolute atomic E-state index is 13.5. The molecule has 2 amide bonds. The minimum atomic E-state index is -3.56. The smallest absolute Gasteiger partial charge is 0.243 e. The molecule has 0 spiro atoms. The average molecular weight is 534 g/mol. The summed E-state index contributed by atoms with van der Waals surface area (Å²) in [5.74, 6) is -0.918. The van der Waals surface area contributed by atoms with Gasteiger partial charge in [0.2, 0.25) is 21.8 Å². The van der Waals surface area contributed by atoms with Gasteiger partial charge < -0.3 is 10.2 Å². The van der Waals surface area contributed by atoms with E-state index in [1.165, 1.54) is 21.3 Å². The molecule has 0 fully saturated rings. The van der Waals surface area contributed by atoms with Crippen molar-refractivity contribution >= 4 is 27.5 Å². The van der Waals surface area contributed by atoms with E-state index in [1.54, 1.807) is 18.2 Å². The summed E-state index contributed by atoms with van der Waals surface area (Å²) < 4.78 is 39.8. The van der Waals surface area contributed by atoms with Gasteiger partial charge in [-0.3, -0.25) is 13.9 Å². The lowest BCUT2D eigenvalue weighted by Gasteiger charge is -2.33. The fourth-order valence-electron chi connectivity index (χ4n) is 4.04. The Bertz CT molecular complexity index is 1190. The molecule has 0 saturated heterocycles. The summed E-state index contributed by atoms with van der Waals surface area (Å²) in [6, 6.07) is 10.6. The molecule has 7 nitrogen and oxygen atoms in total. The number of carbonyl (C=O) groups is 2. The van der Waals surface area contributed by atoms with Crippen LogP contribution in [0.2, 0.25) is 0 Å². The van der Waals surface area contributed by atoms with Crippen molar-refractivity contribution in [3.05, 3.63) is 65.0 Å². The molecule has 2 rings (SSSR count). The van der Waals surface area contributed by atoms with Crippen LogP contribution < -0.4 is 9.62 Å². The molecule has 0 saturated carbocycles. The standard InChI is InChI=1S/C28H40FN3O4S/c1-8-25(27(34)30-28(4,5)6)31(19-22-12-14-23(29)15-13-22)26(33)10-9-17-32(37(7,35)36)24-16-11-20(2)21(3)18-24/h11-16,18,25H,8-10,17,19H2,1-7H3,(H,30,34)/t25-/m0/s1. The van der Waals surface area contributed by atoms with Crippen LogP contribution in [0.25, 0.3) is 0 Å². The number of anilines is 1. The molecule has 0 heterocycles. The fraction of sp³-hybridized carbons (Fsp3) is 0.500. The summed E-state index contributed by atoms with van der Waals surface area (Å²) in [7, 11) is -3.56. The summed E-state index contributed by atoms with van der Waals surface area (Å²) in [6.07, 6.45) is 1.87. The van der Waals surface area contributed by atoms with Crippen LogP contribution in [0.4, 0.5) is 10.1 Å². The van der Waals surface area contributed by atoms with Gasteiger partial charge in [-0.25, -0.2) is 12.8 Å². The van der Waals surface area contributed by atoms with Gasteiger partial charge in [-0.05, 0) is 88.4 Å². The first-order chi connectivity index (χ1) is 17.1. The zero-order valence-electron chi connectivity index (χ0n) is 23.0. The van der Waals surface area contributed by atoms with Gasteiger partial charge in [0.25, 0.3) is 0 Å². The Balaban J connectivity index is 2.25. The predicted molar refractivity (Wildman–Crippen MR) is 146 cm³/mol. The van der Waals surface area contributed by atoms with Gasteiger partial charge in [-0.1, -0.05) is 25.1 Å². The molecule has 0 unspecified atom stereocenters. The van der Waals surface area contributed by atoms with Crippen LogP contribution in [-0.2, 0) is 26.2 Å². The molecule has 0 aliphatic carbocycles. The summed E-state index contributed by atoms with van der Waals surface area (Å²) in [6.45, 7) is 11.6. The van der Waals surface area contributed by atoms with Crippen LogP contribution in [-0.4, -0.2) is 49.5 Å². The monoisotopic (exact) mass is 533 g/mol. The maximum Gasteiger partial charge on any atom is 0.243 e. The summed E-state index contributed by atoms with van der Waals surface area (Å²) in [4.78, 5) is 28.0. The van der Waals surface area contributed by atoms with E-state index in [2.05, 4.69) is 5.32 Å². The van der Waals surface area contributed by atoms with E-state index in [0.29, 0.717) is 17.7 Å². The lowest BCUT2D eigenvalue weighted by atomic mass is 10.0. The highest BCUT2D eigenvalue weighted by Crippen LogP contribution is 2.22. The van der Waals surface area contributed by atoms with Crippen LogP contribution in [0, 0.1) is 19.7 Å². The first-order valence-corrected chi connectivity index (χ1v) is 14.4. The molecule has 0 aromatic heterocycles. The van der Waals surface area contributed by atoms with Crippen LogP contribution >= 0.6 is 0 Å². The molecule has 0 aliphatic rings. The van der Waals surface area contributed by atoms with Gasteiger partial charge >= 0.3 is 0 Å².